The predicted molar refractivity (Wildman–Crippen MR) is 88.4 cm³/mol. The summed E-state index contributed by atoms with van der Waals surface area (Å²) in [5.41, 5.74) is 1.10. The highest BCUT2D eigenvalue weighted by molar-refractivity contribution is 5.45. The molecule has 0 amide bonds. The fraction of sp³-hybridized carbons (Fsp3) is 0.667. The summed E-state index contributed by atoms with van der Waals surface area (Å²) in [4.78, 5) is 4.83. The van der Waals surface area contributed by atoms with Gasteiger partial charge in [-0.25, -0.2) is 4.39 Å². The standard InChI is InChI=1S/C18H29FN2/c1-20(18-11-9-17(19)10-12-18)13-5-2-3-6-14-21-15-7-4-8-16-21/h9-12H,2-8,13-16H2,1H3. The molecule has 0 aliphatic carbocycles. The second-order valence-electron chi connectivity index (χ2n) is 6.21. The monoisotopic (exact) mass is 292 g/mol. The maximum atomic E-state index is 12.9. The summed E-state index contributed by atoms with van der Waals surface area (Å²) in [7, 11) is 2.08. The average molecular weight is 292 g/mol. The second kappa shape index (κ2) is 9.04. The zero-order valence-electron chi connectivity index (χ0n) is 13.4. The summed E-state index contributed by atoms with van der Waals surface area (Å²) < 4.78 is 12.9. The van der Waals surface area contributed by atoms with Gasteiger partial charge in [0, 0.05) is 19.3 Å². The van der Waals surface area contributed by atoms with E-state index in [1.807, 2.05) is 12.1 Å². The highest BCUT2D eigenvalue weighted by atomic mass is 19.1. The van der Waals surface area contributed by atoms with E-state index in [9.17, 15) is 4.39 Å². The first-order valence-corrected chi connectivity index (χ1v) is 8.45. The number of anilines is 1. The minimum absolute atomic E-state index is 0.162. The van der Waals surface area contributed by atoms with Crippen molar-refractivity contribution >= 4 is 5.69 Å². The van der Waals surface area contributed by atoms with Crippen LogP contribution in [-0.2, 0) is 0 Å². The molecule has 1 aromatic rings. The summed E-state index contributed by atoms with van der Waals surface area (Å²) in [5, 5.41) is 0. The van der Waals surface area contributed by atoms with E-state index in [0.717, 1.165) is 12.2 Å². The molecule has 2 nitrogen and oxygen atoms in total. The van der Waals surface area contributed by atoms with Gasteiger partial charge in [-0.1, -0.05) is 19.3 Å². The molecule has 21 heavy (non-hydrogen) atoms. The summed E-state index contributed by atoms with van der Waals surface area (Å²) in [5.74, 6) is -0.162. The smallest absolute Gasteiger partial charge is 0.123 e. The molecule has 1 fully saturated rings. The van der Waals surface area contributed by atoms with Gasteiger partial charge < -0.3 is 9.80 Å². The van der Waals surface area contributed by atoms with Gasteiger partial charge in [0.15, 0.2) is 0 Å². The Morgan fingerprint density at radius 2 is 1.62 bits per heavy atom. The van der Waals surface area contributed by atoms with E-state index in [1.165, 1.54) is 76.7 Å². The van der Waals surface area contributed by atoms with E-state index in [0.29, 0.717) is 0 Å². The number of halogens is 1. The third kappa shape index (κ3) is 6.04. The van der Waals surface area contributed by atoms with Crippen LogP contribution in [0.3, 0.4) is 0 Å². The van der Waals surface area contributed by atoms with Gasteiger partial charge in [-0.15, -0.1) is 0 Å². The molecule has 3 heteroatoms. The van der Waals surface area contributed by atoms with Crippen molar-refractivity contribution in [2.24, 2.45) is 0 Å². The number of hydrogen-bond donors (Lipinski definition) is 0. The van der Waals surface area contributed by atoms with Crippen molar-refractivity contribution in [1.82, 2.24) is 4.90 Å². The molecule has 1 aromatic carbocycles. The molecule has 0 radical (unpaired) electrons. The molecule has 1 aliphatic heterocycles. The number of benzene rings is 1. The van der Waals surface area contributed by atoms with Crippen LogP contribution in [0, 0.1) is 5.82 Å². The van der Waals surface area contributed by atoms with Crippen molar-refractivity contribution < 1.29 is 4.39 Å². The molecular formula is C18H29FN2. The van der Waals surface area contributed by atoms with Crippen LogP contribution in [0.4, 0.5) is 10.1 Å². The van der Waals surface area contributed by atoms with Crippen LogP contribution in [0.2, 0.25) is 0 Å². The van der Waals surface area contributed by atoms with Crippen molar-refractivity contribution in [2.45, 2.75) is 44.9 Å². The van der Waals surface area contributed by atoms with Gasteiger partial charge in [-0.05, 0) is 69.6 Å². The quantitative estimate of drug-likeness (QED) is 0.659. The Morgan fingerprint density at radius 1 is 0.952 bits per heavy atom. The number of hydrogen-bond acceptors (Lipinski definition) is 2. The van der Waals surface area contributed by atoms with Crippen molar-refractivity contribution in [1.29, 1.82) is 0 Å². The van der Waals surface area contributed by atoms with Crippen LogP contribution in [-0.4, -0.2) is 38.1 Å². The number of nitrogens with zero attached hydrogens (tertiary/aromatic N) is 2. The Bertz CT molecular complexity index is 385. The molecule has 1 heterocycles. The number of likely N-dealkylation sites (tertiary alicyclic amines) is 1. The normalized spacial score (nSPS) is 16.1. The lowest BCUT2D eigenvalue weighted by Gasteiger charge is -2.26. The van der Waals surface area contributed by atoms with Gasteiger partial charge in [0.25, 0.3) is 0 Å². The molecule has 0 N–H and O–H groups in total. The van der Waals surface area contributed by atoms with E-state index < -0.39 is 0 Å². The average Bonchev–Trinajstić information content (AvgIpc) is 2.52. The molecule has 0 saturated carbocycles. The first-order chi connectivity index (χ1) is 10.3. The lowest BCUT2D eigenvalue weighted by Crippen LogP contribution is -2.30. The molecular weight excluding hydrogens is 263 g/mol. The third-order valence-electron chi connectivity index (χ3n) is 4.43. The fourth-order valence-corrected chi connectivity index (χ4v) is 3.05. The summed E-state index contributed by atoms with van der Waals surface area (Å²) in [6, 6.07) is 6.77. The molecule has 1 aliphatic rings. The van der Waals surface area contributed by atoms with Gasteiger partial charge in [0.05, 0.1) is 0 Å². The largest absolute Gasteiger partial charge is 0.375 e. The van der Waals surface area contributed by atoms with Gasteiger partial charge >= 0.3 is 0 Å². The number of piperidine rings is 1. The van der Waals surface area contributed by atoms with Crippen molar-refractivity contribution in [3.8, 4) is 0 Å². The van der Waals surface area contributed by atoms with Gasteiger partial charge in [0.1, 0.15) is 5.82 Å². The minimum atomic E-state index is -0.162. The van der Waals surface area contributed by atoms with Gasteiger partial charge in [-0.3, -0.25) is 0 Å². The molecule has 1 saturated heterocycles. The highest BCUT2D eigenvalue weighted by Gasteiger charge is 2.08. The molecule has 0 atom stereocenters. The third-order valence-corrected chi connectivity index (χ3v) is 4.43. The van der Waals surface area contributed by atoms with Crippen LogP contribution in [0.15, 0.2) is 24.3 Å². The molecule has 118 valence electrons. The van der Waals surface area contributed by atoms with E-state index in [-0.39, 0.29) is 5.82 Å². The van der Waals surface area contributed by atoms with Crippen molar-refractivity contribution in [2.75, 3.05) is 38.1 Å². The summed E-state index contributed by atoms with van der Waals surface area (Å²) >= 11 is 0. The Balaban J connectivity index is 1.52. The Labute approximate surface area is 128 Å². The van der Waals surface area contributed by atoms with Gasteiger partial charge in [-0.2, -0.15) is 0 Å². The van der Waals surface area contributed by atoms with Crippen LogP contribution in [0.25, 0.3) is 0 Å². The molecule has 0 bridgehead atoms. The van der Waals surface area contributed by atoms with Crippen molar-refractivity contribution in [3.05, 3.63) is 30.1 Å². The molecule has 0 unspecified atom stereocenters. The van der Waals surface area contributed by atoms with Crippen LogP contribution in [0.1, 0.15) is 44.9 Å². The Hall–Kier alpha value is -1.09. The SMILES string of the molecule is CN(CCCCCCN1CCCCC1)c1ccc(F)cc1. The zero-order chi connectivity index (χ0) is 14.9. The molecule has 0 aromatic heterocycles. The highest BCUT2D eigenvalue weighted by Crippen LogP contribution is 2.14. The maximum absolute atomic E-state index is 12.9. The van der Waals surface area contributed by atoms with Crippen LogP contribution in [0.5, 0.6) is 0 Å². The van der Waals surface area contributed by atoms with E-state index >= 15 is 0 Å². The first-order valence-electron chi connectivity index (χ1n) is 8.45. The van der Waals surface area contributed by atoms with Gasteiger partial charge in [0.2, 0.25) is 0 Å². The minimum Gasteiger partial charge on any atom is -0.375 e. The molecule has 2 rings (SSSR count). The Morgan fingerprint density at radius 3 is 2.33 bits per heavy atom. The number of unbranched alkanes of at least 4 members (excludes halogenated alkanes) is 3. The van der Waals surface area contributed by atoms with E-state index in [4.69, 9.17) is 0 Å². The van der Waals surface area contributed by atoms with Crippen molar-refractivity contribution in [3.63, 3.8) is 0 Å². The zero-order valence-corrected chi connectivity index (χ0v) is 13.4. The van der Waals surface area contributed by atoms with Crippen LogP contribution >= 0.6 is 0 Å². The summed E-state index contributed by atoms with van der Waals surface area (Å²) in [6.07, 6.45) is 9.37. The lowest BCUT2D eigenvalue weighted by molar-refractivity contribution is 0.224. The lowest BCUT2D eigenvalue weighted by atomic mass is 10.1. The maximum Gasteiger partial charge on any atom is 0.123 e. The topological polar surface area (TPSA) is 6.48 Å². The van der Waals surface area contributed by atoms with E-state index in [1.54, 1.807) is 0 Å². The fourth-order valence-electron chi connectivity index (χ4n) is 3.05. The second-order valence-corrected chi connectivity index (χ2v) is 6.21. The number of rotatable bonds is 8. The summed E-state index contributed by atoms with van der Waals surface area (Å²) in [6.45, 7) is 4.96. The van der Waals surface area contributed by atoms with Crippen LogP contribution < -0.4 is 4.90 Å². The predicted octanol–water partition coefficient (Wildman–Crippen LogP) is 4.31. The Kier molecular flexibility index (Phi) is 7.01. The molecule has 0 spiro atoms. The van der Waals surface area contributed by atoms with E-state index in [2.05, 4.69) is 16.8 Å². The first kappa shape index (κ1) is 16.3.